The molecule has 0 rings (SSSR count). The SMILES string of the molecule is [Ni+2].[O-][Si]([O-])([O-])[O-].[W+4]. The summed E-state index contributed by atoms with van der Waals surface area (Å²) < 4.78 is 0. The molecule has 0 bridgehead atoms. The Kier molecular flexibility index (Phi) is 12.1. The third kappa shape index (κ3) is 129. The number of hydrogen-bond acceptors (Lipinski definition) is 4. The summed E-state index contributed by atoms with van der Waals surface area (Å²) >= 11 is 0. The largest absolute Gasteiger partial charge is 4.00 e. The average Bonchev–Trinajstić information content (AvgIpc) is 0.722. The molecule has 7 heavy (non-hydrogen) atoms. The Balaban J connectivity index is -0.0000000800. The predicted octanol–water partition coefficient (Wildman–Crippen LogP) is -5.14. The second-order valence-corrected chi connectivity index (χ2v) is 1.50. The van der Waals surface area contributed by atoms with Gasteiger partial charge in [0.05, 0.1) is 0 Å². The summed E-state index contributed by atoms with van der Waals surface area (Å²) in [5.41, 5.74) is 0. The maximum atomic E-state index is 8.58. The number of hydrogen-bond donors (Lipinski definition) is 0. The fourth-order valence-electron chi connectivity index (χ4n) is 0. The monoisotopic (exact) mass is 334 g/mol. The van der Waals surface area contributed by atoms with E-state index in [4.69, 9.17) is 19.2 Å². The molecule has 0 saturated carbocycles. The summed E-state index contributed by atoms with van der Waals surface area (Å²) in [6, 6.07) is 0. The third-order valence-corrected chi connectivity index (χ3v) is 0. The molecule has 0 saturated heterocycles. The minimum Gasteiger partial charge on any atom is -0.894 e. The van der Waals surface area contributed by atoms with Crippen molar-refractivity contribution in [2.75, 3.05) is 0 Å². The second-order valence-electron chi connectivity index (χ2n) is 0.500. The van der Waals surface area contributed by atoms with Gasteiger partial charge < -0.3 is 28.2 Å². The van der Waals surface area contributed by atoms with E-state index >= 15 is 0 Å². The molecule has 0 radical (unpaired) electrons. The van der Waals surface area contributed by atoms with Gasteiger partial charge in [-0.25, -0.2) is 0 Å². The minimum absolute atomic E-state index is 0. The van der Waals surface area contributed by atoms with Gasteiger partial charge in [-0.3, -0.25) is 0 Å². The topological polar surface area (TPSA) is 92.2 Å². The van der Waals surface area contributed by atoms with Gasteiger partial charge in [0, 0.05) is 0 Å². The molecule has 0 aromatic rings. The molecule has 0 aliphatic rings. The van der Waals surface area contributed by atoms with E-state index in [1.165, 1.54) is 0 Å². The van der Waals surface area contributed by atoms with Crippen molar-refractivity contribution in [3.05, 3.63) is 0 Å². The van der Waals surface area contributed by atoms with Gasteiger partial charge in [-0.05, 0) is 0 Å². The molecule has 0 aromatic carbocycles. The zero-order chi connectivity index (χ0) is 4.50. The summed E-state index contributed by atoms with van der Waals surface area (Å²) in [7, 11) is -5.61. The fourth-order valence-corrected chi connectivity index (χ4v) is 0. The second kappa shape index (κ2) is 5.38. The molecular formula is NiO4SiW+2. The predicted molar refractivity (Wildman–Crippen MR) is 5.75 cm³/mol. The third-order valence-electron chi connectivity index (χ3n) is 0. The first kappa shape index (κ1) is 15.7. The van der Waals surface area contributed by atoms with Crippen LogP contribution < -0.4 is 19.2 Å². The van der Waals surface area contributed by atoms with Crippen molar-refractivity contribution >= 4 is 9.05 Å². The van der Waals surface area contributed by atoms with Crippen LogP contribution >= 0.6 is 0 Å². The van der Waals surface area contributed by atoms with Crippen LogP contribution in [-0.4, -0.2) is 9.05 Å². The summed E-state index contributed by atoms with van der Waals surface area (Å²) in [6.45, 7) is 0. The molecule has 42 valence electrons. The molecule has 0 aliphatic carbocycles. The van der Waals surface area contributed by atoms with Crippen LogP contribution in [0.5, 0.6) is 0 Å². The molecule has 0 unspecified atom stereocenters. The van der Waals surface area contributed by atoms with Crippen LogP contribution in [0.1, 0.15) is 0 Å². The van der Waals surface area contributed by atoms with Crippen molar-refractivity contribution in [1.29, 1.82) is 0 Å². The van der Waals surface area contributed by atoms with Crippen molar-refractivity contribution in [2.45, 2.75) is 0 Å². The van der Waals surface area contributed by atoms with E-state index in [1.807, 2.05) is 0 Å². The first-order valence-electron chi connectivity index (χ1n) is 0.816. The van der Waals surface area contributed by atoms with E-state index in [0.717, 1.165) is 0 Å². The Morgan fingerprint density at radius 1 is 0.857 bits per heavy atom. The standard InChI is InChI=1S/Ni.O4Si.W/c;1-5(2,3)4;/q+2;-4;+4. The van der Waals surface area contributed by atoms with E-state index in [9.17, 15) is 0 Å². The molecule has 7 heteroatoms. The van der Waals surface area contributed by atoms with E-state index in [0.29, 0.717) is 0 Å². The van der Waals surface area contributed by atoms with Crippen LogP contribution in [-0.2, 0) is 37.6 Å². The van der Waals surface area contributed by atoms with Gasteiger partial charge in [0.2, 0.25) is 0 Å². The quantitative estimate of drug-likeness (QED) is 0.414. The van der Waals surface area contributed by atoms with Crippen LogP contribution in [0, 0.1) is 0 Å². The molecule has 0 aromatic heterocycles. The Hall–Kier alpha value is 1.24. The summed E-state index contributed by atoms with van der Waals surface area (Å²) in [5, 5.41) is 0. The zero-order valence-corrected chi connectivity index (χ0v) is 7.78. The van der Waals surface area contributed by atoms with Crippen molar-refractivity contribution < 1.29 is 56.7 Å². The molecule has 0 aliphatic heterocycles. The smallest absolute Gasteiger partial charge is 0.894 e. The molecule has 0 spiro atoms. The summed E-state index contributed by atoms with van der Waals surface area (Å²) in [4.78, 5) is 34.3. The molecule has 0 N–H and O–H groups in total. The number of rotatable bonds is 0. The fraction of sp³-hybridized carbons (Fsp3) is 0. The molecule has 0 atom stereocenters. The Bertz CT molecular complexity index is 27.2. The van der Waals surface area contributed by atoms with Crippen LogP contribution in [0.25, 0.3) is 0 Å². The first-order valence-corrected chi connectivity index (χ1v) is 2.45. The van der Waals surface area contributed by atoms with Gasteiger partial charge in [0.1, 0.15) is 0 Å². The van der Waals surface area contributed by atoms with Gasteiger partial charge in [-0.2, -0.15) is 0 Å². The Morgan fingerprint density at radius 2 is 0.857 bits per heavy atom. The normalized spacial score (nSPS) is 8.57. The minimum atomic E-state index is -5.61. The van der Waals surface area contributed by atoms with E-state index in [2.05, 4.69) is 0 Å². The van der Waals surface area contributed by atoms with Crippen molar-refractivity contribution in [3.8, 4) is 0 Å². The molecule has 0 heterocycles. The van der Waals surface area contributed by atoms with Crippen molar-refractivity contribution in [2.24, 2.45) is 0 Å². The van der Waals surface area contributed by atoms with Gasteiger partial charge in [0.25, 0.3) is 0 Å². The van der Waals surface area contributed by atoms with Crippen LogP contribution in [0.2, 0.25) is 0 Å². The van der Waals surface area contributed by atoms with Gasteiger partial charge in [0.15, 0.2) is 0 Å². The Morgan fingerprint density at radius 3 is 0.857 bits per heavy atom. The maximum absolute atomic E-state index is 8.58. The van der Waals surface area contributed by atoms with Crippen LogP contribution in [0.4, 0.5) is 0 Å². The van der Waals surface area contributed by atoms with Crippen LogP contribution in [0.15, 0.2) is 0 Å². The first-order chi connectivity index (χ1) is 2.00. The summed E-state index contributed by atoms with van der Waals surface area (Å²) in [5.74, 6) is 0. The van der Waals surface area contributed by atoms with Crippen LogP contribution in [0.3, 0.4) is 0 Å². The molecular weight excluding hydrogens is 335 g/mol. The van der Waals surface area contributed by atoms with Crippen molar-refractivity contribution in [3.63, 3.8) is 0 Å². The zero-order valence-electron chi connectivity index (χ0n) is 2.86. The van der Waals surface area contributed by atoms with E-state index in [1.54, 1.807) is 0 Å². The Labute approximate surface area is 65.9 Å². The van der Waals surface area contributed by atoms with Gasteiger partial charge >= 0.3 is 37.6 Å². The van der Waals surface area contributed by atoms with E-state index in [-0.39, 0.29) is 37.6 Å². The van der Waals surface area contributed by atoms with Gasteiger partial charge in [-0.15, -0.1) is 0 Å². The van der Waals surface area contributed by atoms with Gasteiger partial charge in [-0.1, -0.05) is 0 Å². The van der Waals surface area contributed by atoms with E-state index < -0.39 is 9.05 Å². The molecule has 0 fully saturated rings. The maximum Gasteiger partial charge on any atom is 4.00 e. The molecule has 4 nitrogen and oxygen atoms in total. The van der Waals surface area contributed by atoms with Crippen molar-refractivity contribution in [1.82, 2.24) is 0 Å². The molecule has 0 amide bonds. The summed E-state index contributed by atoms with van der Waals surface area (Å²) in [6.07, 6.45) is 0. The average molecular weight is 335 g/mol.